The number of aryl methyl sites for hydroxylation is 2. The first-order chi connectivity index (χ1) is 13.3. The van der Waals surface area contributed by atoms with Gasteiger partial charge in [0.25, 0.3) is 10.0 Å². The topological polar surface area (TPSA) is 109 Å². The van der Waals surface area contributed by atoms with Crippen LogP contribution in [0.2, 0.25) is 0 Å². The normalized spacial score (nSPS) is 16.5. The zero-order valence-electron chi connectivity index (χ0n) is 15.7. The van der Waals surface area contributed by atoms with Gasteiger partial charge in [0.05, 0.1) is 12.4 Å². The van der Waals surface area contributed by atoms with Crippen LogP contribution in [0, 0.1) is 0 Å². The molecule has 3 N–H and O–H groups in total. The highest BCUT2D eigenvalue weighted by Gasteiger charge is 2.27. The van der Waals surface area contributed by atoms with Gasteiger partial charge in [-0.15, -0.1) is 0 Å². The van der Waals surface area contributed by atoms with Crippen LogP contribution in [0.1, 0.15) is 47.6 Å². The molecule has 2 aromatic rings. The van der Waals surface area contributed by atoms with Crippen molar-refractivity contribution in [3.8, 4) is 0 Å². The Morgan fingerprint density at radius 2 is 1.79 bits per heavy atom. The third-order valence-electron chi connectivity index (χ3n) is 5.36. The van der Waals surface area contributed by atoms with Crippen LogP contribution in [0.15, 0.2) is 27.9 Å². The smallest absolute Gasteiger partial charge is 0.333 e. The summed E-state index contributed by atoms with van der Waals surface area (Å²) in [5.41, 5.74) is 6.11. The van der Waals surface area contributed by atoms with E-state index in [0.717, 1.165) is 55.3 Å². The van der Waals surface area contributed by atoms with Gasteiger partial charge in [0.15, 0.2) is 0 Å². The molecular weight excluding hydrogens is 380 g/mol. The molecule has 2 amide bonds. The van der Waals surface area contributed by atoms with Gasteiger partial charge in [-0.2, -0.15) is 8.42 Å². The molecule has 1 heterocycles. The van der Waals surface area contributed by atoms with Crippen molar-refractivity contribution < 1.29 is 22.7 Å². The van der Waals surface area contributed by atoms with E-state index >= 15 is 0 Å². The number of anilines is 1. The molecule has 2 aliphatic carbocycles. The fraction of sp³-hybridized carbons (Fsp3) is 0.450. The number of fused-ring (bicyclic) bond motifs is 2. The lowest BCUT2D eigenvalue weighted by Crippen LogP contribution is -2.34. The molecule has 150 valence electrons. The van der Waals surface area contributed by atoms with E-state index in [0.29, 0.717) is 5.56 Å². The lowest BCUT2D eigenvalue weighted by atomic mass is 9.99. The SMILES string of the molecule is CC(O)Cc1coc(S(=O)(=O)NC(=O)Nc2c3c(cc4c2CCC4)CCC3)c1. The minimum atomic E-state index is -4.13. The van der Waals surface area contributed by atoms with Gasteiger partial charge < -0.3 is 14.8 Å². The highest BCUT2D eigenvalue weighted by atomic mass is 32.2. The molecular formula is C20H24N2O5S. The maximum atomic E-state index is 12.5. The second-order valence-corrected chi connectivity index (χ2v) is 9.23. The van der Waals surface area contributed by atoms with Crippen molar-refractivity contribution in [2.24, 2.45) is 0 Å². The van der Waals surface area contributed by atoms with Crippen LogP contribution in [0.5, 0.6) is 0 Å². The van der Waals surface area contributed by atoms with Gasteiger partial charge in [-0.1, -0.05) is 6.07 Å². The van der Waals surface area contributed by atoms with Crippen LogP contribution in [-0.2, 0) is 42.1 Å². The number of urea groups is 1. The summed E-state index contributed by atoms with van der Waals surface area (Å²) in [6.07, 6.45) is 6.80. The second-order valence-electron chi connectivity index (χ2n) is 7.62. The molecule has 2 aliphatic rings. The average molecular weight is 404 g/mol. The largest absolute Gasteiger partial charge is 0.451 e. The molecule has 0 saturated carbocycles. The van der Waals surface area contributed by atoms with E-state index in [1.807, 2.05) is 4.72 Å². The Labute approximate surface area is 164 Å². The summed E-state index contributed by atoms with van der Waals surface area (Å²) in [6, 6.07) is 2.78. The molecule has 4 rings (SSSR count). The Balaban J connectivity index is 1.53. The van der Waals surface area contributed by atoms with Crippen LogP contribution in [0.4, 0.5) is 10.5 Å². The fourth-order valence-electron chi connectivity index (χ4n) is 4.22. The van der Waals surface area contributed by atoms with Crippen molar-refractivity contribution in [2.75, 3.05) is 5.32 Å². The van der Waals surface area contributed by atoms with Gasteiger partial charge in [0, 0.05) is 18.2 Å². The predicted octanol–water partition coefficient (Wildman–Crippen LogP) is 2.69. The van der Waals surface area contributed by atoms with E-state index in [9.17, 15) is 18.3 Å². The Morgan fingerprint density at radius 3 is 2.39 bits per heavy atom. The Hall–Kier alpha value is -2.32. The number of aliphatic hydroxyl groups excluding tert-OH is 1. The molecule has 28 heavy (non-hydrogen) atoms. The molecule has 1 unspecified atom stereocenters. The van der Waals surface area contributed by atoms with E-state index < -0.39 is 22.2 Å². The predicted molar refractivity (Wildman–Crippen MR) is 104 cm³/mol. The lowest BCUT2D eigenvalue weighted by molar-refractivity contribution is 0.195. The minimum absolute atomic E-state index is 0.271. The van der Waals surface area contributed by atoms with Crippen molar-refractivity contribution in [1.29, 1.82) is 0 Å². The van der Waals surface area contributed by atoms with Gasteiger partial charge in [-0.05, 0) is 73.3 Å². The van der Waals surface area contributed by atoms with Crippen molar-refractivity contribution in [1.82, 2.24) is 4.72 Å². The summed E-state index contributed by atoms with van der Waals surface area (Å²) in [7, 11) is -4.13. The molecule has 0 spiro atoms. The zero-order valence-corrected chi connectivity index (χ0v) is 16.6. The highest BCUT2D eigenvalue weighted by molar-refractivity contribution is 7.89. The van der Waals surface area contributed by atoms with Crippen LogP contribution in [0.25, 0.3) is 0 Å². The van der Waals surface area contributed by atoms with Gasteiger partial charge in [0.1, 0.15) is 0 Å². The van der Waals surface area contributed by atoms with E-state index in [4.69, 9.17) is 4.42 Å². The minimum Gasteiger partial charge on any atom is -0.451 e. The van der Waals surface area contributed by atoms with Gasteiger partial charge >= 0.3 is 6.03 Å². The Kier molecular flexibility index (Phi) is 4.93. The third-order valence-corrected chi connectivity index (χ3v) is 6.56. The summed E-state index contributed by atoms with van der Waals surface area (Å²) in [5.74, 6) is 0. The van der Waals surface area contributed by atoms with Crippen LogP contribution < -0.4 is 10.0 Å². The number of hydrogen-bond donors (Lipinski definition) is 3. The lowest BCUT2D eigenvalue weighted by Gasteiger charge is -2.16. The molecule has 1 atom stereocenters. The number of benzene rings is 1. The molecule has 0 radical (unpaired) electrons. The monoisotopic (exact) mass is 404 g/mol. The summed E-state index contributed by atoms with van der Waals surface area (Å²) in [5, 5.41) is 11.9. The number of carbonyl (C=O) groups is 1. The van der Waals surface area contributed by atoms with Crippen molar-refractivity contribution in [3.05, 3.63) is 46.2 Å². The number of furan rings is 1. The maximum absolute atomic E-state index is 12.5. The number of carbonyl (C=O) groups excluding carboxylic acids is 1. The number of nitrogens with one attached hydrogen (secondary N) is 2. The summed E-state index contributed by atoms with van der Waals surface area (Å²) in [4.78, 5) is 12.5. The van der Waals surface area contributed by atoms with Gasteiger partial charge in [0.2, 0.25) is 5.09 Å². The number of sulfonamides is 1. The van der Waals surface area contributed by atoms with Gasteiger partial charge in [-0.25, -0.2) is 9.52 Å². The number of rotatable bonds is 5. The fourth-order valence-corrected chi connectivity index (χ4v) is 5.10. The quantitative estimate of drug-likeness (QED) is 0.710. The van der Waals surface area contributed by atoms with E-state index in [-0.39, 0.29) is 11.5 Å². The first-order valence-corrected chi connectivity index (χ1v) is 11.1. The summed E-state index contributed by atoms with van der Waals surface area (Å²) < 4.78 is 32.1. The molecule has 7 nitrogen and oxygen atoms in total. The highest BCUT2D eigenvalue weighted by Crippen LogP contribution is 2.38. The van der Waals surface area contributed by atoms with Crippen LogP contribution in [0.3, 0.4) is 0 Å². The molecule has 8 heteroatoms. The van der Waals surface area contributed by atoms with Crippen LogP contribution >= 0.6 is 0 Å². The molecule has 1 aromatic carbocycles. The average Bonchev–Trinajstić information content (AvgIpc) is 3.32. The van der Waals surface area contributed by atoms with E-state index in [1.165, 1.54) is 23.5 Å². The van der Waals surface area contributed by atoms with Crippen molar-refractivity contribution in [3.63, 3.8) is 0 Å². The second kappa shape index (κ2) is 7.25. The van der Waals surface area contributed by atoms with Crippen molar-refractivity contribution in [2.45, 2.75) is 63.1 Å². The van der Waals surface area contributed by atoms with E-state index in [1.54, 1.807) is 6.92 Å². The number of amides is 2. The van der Waals surface area contributed by atoms with Crippen LogP contribution in [-0.4, -0.2) is 25.7 Å². The first kappa shape index (κ1) is 19.0. The standard InChI is InChI=1S/C20H24N2O5S/c1-12(23)8-13-9-18(27-11-13)28(25,26)22-20(24)21-19-16-6-2-4-14(16)10-15-5-3-7-17(15)19/h9-12,23H,2-8H2,1H3,(H2,21,22,24). The Bertz CT molecular complexity index is 991. The molecule has 0 bridgehead atoms. The molecule has 0 fully saturated rings. The van der Waals surface area contributed by atoms with Gasteiger partial charge in [-0.3, -0.25) is 0 Å². The maximum Gasteiger partial charge on any atom is 0.333 e. The zero-order chi connectivity index (χ0) is 19.9. The van der Waals surface area contributed by atoms with E-state index in [2.05, 4.69) is 11.4 Å². The molecule has 0 saturated heterocycles. The summed E-state index contributed by atoms with van der Waals surface area (Å²) in [6.45, 7) is 1.60. The van der Waals surface area contributed by atoms with Crippen molar-refractivity contribution >= 4 is 21.7 Å². The number of hydrogen-bond acceptors (Lipinski definition) is 5. The molecule has 0 aliphatic heterocycles. The Morgan fingerprint density at radius 1 is 1.14 bits per heavy atom. The third kappa shape index (κ3) is 3.66. The summed E-state index contributed by atoms with van der Waals surface area (Å²) >= 11 is 0. The molecule has 1 aromatic heterocycles. The number of aliphatic hydroxyl groups is 1. The first-order valence-electron chi connectivity index (χ1n) is 9.59.